The molecule has 5 saturated heterocycles. The SMILES string of the molecule is C(CCC1CO1)CC1CO1.c1cc(C(c2ccc(OCC3CO3)cc2)c2ccc(OCC3CO3)cc2)ccc1OCC1CO1. The maximum absolute atomic E-state index is 5.83. The molecule has 0 amide bonds. The van der Waals surface area contributed by atoms with Gasteiger partial charge in [-0.1, -0.05) is 49.2 Å². The van der Waals surface area contributed by atoms with Gasteiger partial charge in [0.2, 0.25) is 0 Å². The minimum Gasteiger partial charge on any atom is -0.491 e. The molecule has 8 rings (SSSR count). The van der Waals surface area contributed by atoms with E-state index >= 15 is 0 Å². The molecule has 0 radical (unpaired) electrons. The first-order valence-electron chi connectivity index (χ1n) is 16.0. The topological polar surface area (TPSA) is 90.3 Å². The molecule has 5 heterocycles. The van der Waals surface area contributed by atoms with Gasteiger partial charge >= 0.3 is 0 Å². The Labute approximate surface area is 259 Å². The number of unbranched alkanes of at least 4 members (excludes halogenated alkanes) is 1. The zero-order chi connectivity index (χ0) is 29.6. The average molecular weight is 603 g/mol. The highest BCUT2D eigenvalue weighted by atomic mass is 16.6. The van der Waals surface area contributed by atoms with Crippen LogP contribution in [0.25, 0.3) is 0 Å². The Kier molecular flexibility index (Phi) is 9.61. The summed E-state index contributed by atoms with van der Waals surface area (Å²) >= 11 is 0. The highest BCUT2D eigenvalue weighted by Gasteiger charge is 2.26. The Balaban J connectivity index is 0.000000264. The fourth-order valence-electron chi connectivity index (χ4n) is 5.12. The monoisotopic (exact) mass is 602 g/mol. The average Bonchev–Trinajstić information content (AvgIpc) is 3.85. The number of ether oxygens (including phenoxy) is 8. The lowest BCUT2D eigenvalue weighted by Crippen LogP contribution is -2.07. The summed E-state index contributed by atoms with van der Waals surface area (Å²) in [6.07, 6.45) is 7.17. The summed E-state index contributed by atoms with van der Waals surface area (Å²) in [7, 11) is 0. The Morgan fingerprint density at radius 3 is 0.955 bits per heavy atom. The van der Waals surface area contributed by atoms with Crippen LogP contribution >= 0.6 is 0 Å². The Hall–Kier alpha value is -3.14. The van der Waals surface area contributed by atoms with Gasteiger partial charge in [-0.3, -0.25) is 0 Å². The van der Waals surface area contributed by atoms with E-state index in [-0.39, 0.29) is 24.2 Å². The van der Waals surface area contributed by atoms with Gasteiger partial charge < -0.3 is 37.9 Å². The standard InChI is InChI=1S/C28H28O6.C8H14O2/c1-7-22(29-13-25-16-32-25)8-2-19(1)28(20-3-9-23(10-4-20)30-14-26-17-33-26)21-5-11-24(12-6-21)31-15-27-18-34-27;1(3-7-5-9-7)2-4-8-6-10-8/h1-12,25-28H,13-18H2;7-8H,1-6H2. The molecule has 0 N–H and O–H groups in total. The molecule has 5 aliphatic rings. The normalized spacial score (nSPS) is 26.0. The van der Waals surface area contributed by atoms with Crippen molar-refractivity contribution in [3.63, 3.8) is 0 Å². The third-order valence-electron chi connectivity index (χ3n) is 8.26. The van der Waals surface area contributed by atoms with E-state index in [9.17, 15) is 0 Å². The van der Waals surface area contributed by atoms with Crippen molar-refractivity contribution < 1.29 is 37.9 Å². The van der Waals surface area contributed by atoms with Gasteiger partial charge in [0.05, 0.1) is 45.2 Å². The minimum atomic E-state index is 0.0717. The van der Waals surface area contributed by atoms with Crippen molar-refractivity contribution in [2.24, 2.45) is 0 Å². The molecule has 44 heavy (non-hydrogen) atoms. The fourth-order valence-corrected chi connectivity index (χ4v) is 5.12. The van der Waals surface area contributed by atoms with Crippen molar-refractivity contribution in [3.05, 3.63) is 89.5 Å². The molecule has 3 aromatic rings. The quantitative estimate of drug-likeness (QED) is 0.113. The van der Waals surface area contributed by atoms with E-state index < -0.39 is 0 Å². The zero-order valence-corrected chi connectivity index (χ0v) is 25.1. The summed E-state index contributed by atoms with van der Waals surface area (Å²) in [6, 6.07) is 25.0. The van der Waals surface area contributed by atoms with Crippen molar-refractivity contribution in [2.75, 3.05) is 52.9 Å². The van der Waals surface area contributed by atoms with E-state index in [2.05, 4.69) is 36.4 Å². The van der Waals surface area contributed by atoms with Crippen molar-refractivity contribution in [1.82, 2.24) is 0 Å². The van der Waals surface area contributed by atoms with Crippen LogP contribution in [0.2, 0.25) is 0 Å². The van der Waals surface area contributed by atoms with Crippen LogP contribution in [0.15, 0.2) is 72.8 Å². The molecule has 0 aromatic heterocycles. The largest absolute Gasteiger partial charge is 0.491 e. The predicted octanol–water partition coefficient (Wildman–Crippen LogP) is 5.54. The van der Waals surface area contributed by atoms with Crippen LogP contribution in [0, 0.1) is 0 Å². The minimum absolute atomic E-state index is 0.0717. The van der Waals surface area contributed by atoms with Gasteiger partial charge in [0.15, 0.2) is 0 Å². The molecule has 0 saturated carbocycles. The fraction of sp³-hybridized carbons (Fsp3) is 0.500. The number of hydrogen-bond acceptors (Lipinski definition) is 8. The van der Waals surface area contributed by atoms with Crippen molar-refractivity contribution in [2.45, 2.75) is 62.1 Å². The lowest BCUT2D eigenvalue weighted by Gasteiger charge is -2.20. The van der Waals surface area contributed by atoms with E-state index in [1.807, 2.05) is 36.4 Å². The smallest absolute Gasteiger partial charge is 0.119 e. The third-order valence-corrected chi connectivity index (χ3v) is 8.26. The second-order valence-corrected chi connectivity index (χ2v) is 12.1. The Morgan fingerprint density at radius 2 is 0.705 bits per heavy atom. The number of rotatable bonds is 17. The first kappa shape index (κ1) is 29.6. The Morgan fingerprint density at radius 1 is 0.432 bits per heavy atom. The first-order chi connectivity index (χ1) is 21.7. The van der Waals surface area contributed by atoms with E-state index in [4.69, 9.17) is 37.9 Å². The van der Waals surface area contributed by atoms with E-state index in [1.165, 1.54) is 42.4 Å². The molecule has 8 heteroatoms. The van der Waals surface area contributed by atoms with Crippen molar-refractivity contribution >= 4 is 0 Å². The van der Waals surface area contributed by atoms with Gasteiger partial charge in [-0.25, -0.2) is 0 Å². The number of benzene rings is 3. The molecule has 5 aliphatic heterocycles. The van der Waals surface area contributed by atoms with Gasteiger partial charge in [-0.2, -0.15) is 0 Å². The van der Waals surface area contributed by atoms with E-state index in [0.29, 0.717) is 32.0 Å². The van der Waals surface area contributed by atoms with E-state index in [1.54, 1.807) is 0 Å². The lowest BCUT2D eigenvalue weighted by atomic mass is 9.85. The molecule has 5 unspecified atom stereocenters. The van der Waals surface area contributed by atoms with Gasteiger partial charge in [-0.05, 0) is 65.9 Å². The summed E-state index contributed by atoms with van der Waals surface area (Å²) in [5.41, 5.74) is 3.57. The molecular weight excluding hydrogens is 560 g/mol. The second-order valence-electron chi connectivity index (χ2n) is 12.1. The predicted molar refractivity (Wildman–Crippen MR) is 164 cm³/mol. The van der Waals surface area contributed by atoms with Crippen LogP contribution in [0.3, 0.4) is 0 Å². The third kappa shape index (κ3) is 9.68. The van der Waals surface area contributed by atoms with Crippen LogP contribution in [0.4, 0.5) is 0 Å². The summed E-state index contributed by atoms with van der Waals surface area (Å²) in [4.78, 5) is 0. The molecule has 0 bridgehead atoms. The van der Waals surface area contributed by atoms with Crippen molar-refractivity contribution in [3.8, 4) is 17.2 Å². The van der Waals surface area contributed by atoms with Gasteiger partial charge in [0, 0.05) is 5.92 Å². The van der Waals surface area contributed by atoms with Gasteiger partial charge in [-0.15, -0.1) is 0 Å². The number of epoxide rings is 5. The van der Waals surface area contributed by atoms with E-state index in [0.717, 1.165) is 50.3 Å². The van der Waals surface area contributed by atoms with Crippen LogP contribution in [-0.2, 0) is 23.7 Å². The maximum Gasteiger partial charge on any atom is 0.119 e. The molecule has 5 fully saturated rings. The summed E-state index contributed by atoms with van der Waals surface area (Å²) in [5, 5.41) is 0. The molecule has 0 spiro atoms. The Bertz CT molecular complexity index is 1140. The maximum atomic E-state index is 5.83. The van der Waals surface area contributed by atoms with Crippen LogP contribution < -0.4 is 14.2 Å². The van der Waals surface area contributed by atoms with Crippen LogP contribution in [0.1, 0.15) is 48.3 Å². The molecular formula is C36H42O8. The summed E-state index contributed by atoms with van der Waals surface area (Å²) < 4.78 is 43.4. The molecule has 8 nitrogen and oxygen atoms in total. The molecule has 3 aromatic carbocycles. The summed E-state index contributed by atoms with van der Waals surface area (Å²) in [6.45, 7) is 6.21. The molecule has 0 aliphatic carbocycles. The summed E-state index contributed by atoms with van der Waals surface area (Å²) in [5.74, 6) is 2.64. The van der Waals surface area contributed by atoms with Crippen LogP contribution in [0.5, 0.6) is 17.2 Å². The number of hydrogen-bond donors (Lipinski definition) is 0. The highest BCUT2D eigenvalue weighted by molar-refractivity contribution is 5.46. The lowest BCUT2D eigenvalue weighted by molar-refractivity contribution is 0.263. The second kappa shape index (κ2) is 14.3. The molecule has 5 atom stereocenters. The van der Waals surface area contributed by atoms with Crippen LogP contribution in [-0.4, -0.2) is 83.4 Å². The highest BCUT2D eigenvalue weighted by Crippen LogP contribution is 2.35. The zero-order valence-electron chi connectivity index (χ0n) is 25.1. The van der Waals surface area contributed by atoms with Crippen molar-refractivity contribution in [1.29, 1.82) is 0 Å². The first-order valence-corrected chi connectivity index (χ1v) is 16.0. The molecule has 234 valence electrons. The van der Waals surface area contributed by atoms with Gasteiger partial charge in [0.25, 0.3) is 0 Å². The van der Waals surface area contributed by atoms with Gasteiger partial charge in [0.1, 0.15) is 55.4 Å².